The van der Waals surface area contributed by atoms with E-state index in [1.807, 2.05) is 50.2 Å². The van der Waals surface area contributed by atoms with E-state index in [2.05, 4.69) is 28.1 Å². The molecule has 2 N–H and O–H groups in total. The zero-order valence-electron chi connectivity index (χ0n) is 14.1. The van der Waals surface area contributed by atoms with Crippen LogP contribution in [0.5, 0.6) is 5.75 Å². The second-order valence-electron chi connectivity index (χ2n) is 6.22. The van der Waals surface area contributed by atoms with Gasteiger partial charge in [-0.15, -0.1) is 11.3 Å². The number of imidazole rings is 1. The van der Waals surface area contributed by atoms with Gasteiger partial charge in [-0.05, 0) is 55.8 Å². The summed E-state index contributed by atoms with van der Waals surface area (Å²) >= 11 is 1.63. The SMILES string of the molecule is CC(C)Oc1ccc(-c2csc3nc(-c4cccc(N)c4)cn23)cc1. The Morgan fingerprint density at radius 2 is 1.88 bits per heavy atom. The van der Waals surface area contributed by atoms with Crippen molar-refractivity contribution in [1.29, 1.82) is 0 Å². The normalized spacial score (nSPS) is 11.3. The topological polar surface area (TPSA) is 52.5 Å². The van der Waals surface area contributed by atoms with Crippen molar-refractivity contribution in [3.8, 4) is 28.3 Å². The molecule has 2 heterocycles. The van der Waals surface area contributed by atoms with Gasteiger partial charge in [0.25, 0.3) is 0 Å². The molecule has 4 nitrogen and oxygen atoms in total. The van der Waals surface area contributed by atoms with Gasteiger partial charge in [-0.2, -0.15) is 0 Å². The first-order chi connectivity index (χ1) is 12.1. The lowest BCUT2D eigenvalue weighted by Crippen LogP contribution is -2.05. The summed E-state index contributed by atoms with van der Waals surface area (Å²) in [5.74, 6) is 0.885. The number of nitrogens with zero attached hydrogens (tertiary/aromatic N) is 2. The molecule has 0 aliphatic carbocycles. The summed E-state index contributed by atoms with van der Waals surface area (Å²) in [7, 11) is 0. The first-order valence-corrected chi connectivity index (χ1v) is 9.08. The number of hydrogen-bond donors (Lipinski definition) is 1. The van der Waals surface area contributed by atoms with E-state index in [-0.39, 0.29) is 6.10 Å². The van der Waals surface area contributed by atoms with E-state index in [0.29, 0.717) is 0 Å². The van der Waals surface area contributed by atoms with E-state index in [1.54, 1.807) is 11.3 Å². The Hall–Kier alpha value is -2.79. The molecule has 0 radical (unpaired) electrons. The number of nitrogens with two attached hydrogens (primary N) is 1. The van der Waals surface area contributed by atoms with Crippen molar-refractivity contribution in [2.24, 2.45) is 0 Å². The molecule has 2 aromatic heterocycles. The van der Waals surface area contributed by atoms with Crippen molar-refractivity contribution in [3.05, 3.63) is 60.1 Å². The van der Waals surface area contributed by atoms with Gasteiger partial charge in [0.05, 0.1) is 17.5 Å². The number of rotatable bonds is 4. The summed E-state index contributed by atoms with van der Waals surface area (Å²) in [6.45, 7) is 4.05. The van der Waals surface area contributed by atoms with Crippen molar-refractivity contribution in [3.63, 3.8) is 0 Å². The van der Waals surface area contributed by atoms with Crippen LogP contribution in [0.3, 0.4) is 0 Å². The van der Waals surface area contributed by atoms with Gasteiger partial charge >= 0.3 is 0 Å². The Labute approximate surface area is 150 Å². The average molecular weight is 349 g/mol. The van der Waals surface area contributed by atoms with Crippen LogP contribution in [-0.2, 0) is 0 Å². The average Bonchev–Trinajstić information content (AvgIpc) is 3.16. The maximum absolute atomic E-state index is 5.89. The summed E-state index contributed by atoms with van der Waals surface area (Å²) in [6.07, 6.45) is 2.24. The molecule has 0 fully saturated rings. The standard InChI is InChI=1S/C20H19N3OS/c1-13(2)24-17-8-6-14(7-9-17)19-12-25-20-22-18(11-23(19)20)15-4-3-5-16(21)10-15/h3-13H,21H2,1-2H3. The predicted molar refractivity (Wildman–Crippen MR) is 104 cm³/mol. The van der Waals surface area contributed by atoms with Crippen LogP contribution in [0.25, 0.3) is 27.5 Å². The quantitative estimate of drug-likeness (QED) is 0.522. The minimum absolute atomic E-state index is 0.174. The van der Waals surface area contributed by atoms with Gasteiger partial charge in [0.2, 0.25) is 0 Å². The van der Waals surface area contributed by atoms with Crippen molar-refractivity contribution in [2.75, 3.05) is 5.73 Å². The van der Waals surface area contributed by atoms with E-state index >= 15 is 0 Å². The molecule has 5 heteroatoms. The Kier molecular flexibility index (Phi) is 3.93. The van der Waals surface area contributed by atoms with Gasteiger partial charge in [0.15, 0.2) is 4.96 Å². The van der Waals surface area contributed by atoms with E-state index in [9.17, 15) is 0 Å². The lowest BCUT2D eigenvalue weighted by Gasteiger charge is -2.09. The molecule has 0 bridgehead atoms. The Bertz CT molecular complexity index is 1020. The number of benzene rings is 2. The third-order valence-electron chi connectivity index (χ3n) is 3.91. The molecule has 0 aliphatic rings. The van der Waals surface area contributed by atoms with Gasteiger partial charge in [-0.3, -0.25) is 4.40 Å². The number of fused-ring (bicyclic) bond motifs is 1. The number of thiazole rings is 1. The fraction of sp³-hybridized carbons (Fsp3) is 0.150. The molecule has 4 rings (SSSR count). The molecular formula is C20H19N3OS. The third kappa shape index (κ3) is 3.10. The molecule has 0 amide bonds. The first-order valence-electron chi connectivity index (χ1n) is 8.20. The molecule has 2 aromatic carbocycles. The highest BCUT2D eigenvalue weighted by molar-refractivity contribution is 7.15. The Morgan fingerprint density at radius 3 is 2.60 bits per heavy atom. The number of anilines is 1. The lowest BCUT2D eigenvalue weighted by atomic mass is 10.1. The highest BCUT2D eigenvalue weighted by Crippen LogP contribution is 2.30. The Balaban J connectivity index is 1.71. The van der Waals surface area contributed by atoms with E-state index < -0.39 is 0 Å². The van der Waals surface area contributed by atoms with Crippen LogP contribution in [-0.4, -0.2) is 15.5 Å². The second kappa shape index (κ2) is 6.26. The number of aromatic nitrogens is 2. The minimum Gasteiger partial charge on any atom is -0.491 e. The molecule has 0 aliphatic heterocycles. The maximum atomic E-state index is 5.89. The number of nitrogen functional groups attached to an aromatic ring is 1. The van der Waals surface area contributed by atoms with Crippen LogP contribution in [0.2, 0.25) is 0 Å². The van der Waals surface area contributed by atoms with E-state index in [0.717, 1.165) is 38.9 Å². The number of hydrogen-bond acceptors (Lipinski definition) is 4. The van der Waals surface area contributed by atoms with Crippen LogP contribution < -0.4 is 10.5 Å². The number of ether oxygens (including phenoxy) is 1. The summed E-state index contributed by atoms with van der Waals surface area (Å²) in [5, 5.41) is 2.13. The van der Waals surface area contributed by atoms with Crippen molar-refractivity contribution in [1.82, 2.24) is 9.38 Å². The van der Waals surface area contributed by atoms with Crippen molar-refractivity contribution < 1.29 is 4.74 Å². The smallest absolute Gasteiger partial charge is 0.194 e. The molecule has 0 spiro atoms. The molecule has 0 saturated heterocycles. The van der Waals surface area contributed by atoms with Gasteiger partial charge in [0.1, 0.15) is 5.75 Å². The summed E-state index contributed by atoms with van der Waals surface area (Å²) in [4.78, 5) is 5.70. The molecular weight excluding hydrogens is 330 g/mol. The molecule has 0 saturated carbocycles. The van der Waals surface area contributed by atoms with Crippen LogP contribution in [0.4, 0.5) is 5.69 Å². The molecule has 25 heavy (non-hydrogen) atoms. The zero-order valence-corrected chi connectivity index (χ0v) is 15.0. The molecule has 4 aromatic rings. The van der Waals surface area contributed by atoms with Crippen LogP contribution in [0.15, 0.2) is 60.1 Å². The highest BCUT2D eigenvalue weighted by Gasteiger charge is 2.11. The monoisotopic (exact) mass is 349 g/mol. The second-order valence-corrected chi connectivity index (χ2v) is 7.05. The van der Waals surface area contributed by atoms with Crippen LogP contribution in [0.1, 0.15) is 13.8 Å². The van der Waals surface area contributed by atoms with Gasteiger partial charge < -0.3 is 10.5 Å². The van der Waals surface area contributed by atoms with Crippen molar-refractivity contribution in [2.45, 2.75) is 20.0 Å². The predicted octanol–water partition coefficient (Wildman–Crippen LogP) is 5.10. The zero-order chi connectivity index (χ0) is 17.4. The summed E-state index contributed by atoms with van der Waals surface area (Å²) in [6, 6.07) is 16.0. The van der Waals surface area contributed by atoms with Crippen molar-refractivity contribution >= 4 is 22.0 Å². The van der Waals surface area contributed by atoms with E-state index in [1.165, 1.54) is 0 Å². The summed E-state index contributed by atoms with van der Waals surface area (Å²) in [5.41, 5.74) is 10.9. The Morgan fingerprint density at radius 1 is 1.08 bits per heavy atom. The highest BCUT2D eigenvalue weighted by atomic mass is 32.1. The van der Waals surface area contributed by atoms with Crippen LogP contribution >= 0.6 is 11.3 Å². The maximum Gasteiger partial charge on any atom is 0.194 e. The van der Waals surface area contributed by atoms with Crippen LogP contribution in [0, 0.1) is 0 Å². The molecule has 0 unspecified atom stereocenters. The third-order valence-corrected chi connectivity index (χ3v) is 4.75. The fourth-order valence-electron chi connectivity index (χ4n) is 2.80. The first kappa shape index (κ1) is 15.7. The van der Waals surface area contributed by atoms with Gasteiger partial charge in [-0.1, -0.05) is 12.1 Å². The summed E-state index contributed by atoms with van der Waals surface area (Å²) < 4.78 is 7.85. The minimum atomic E-state index is 0.174. The largest absolute Gasteiger partial charge is 0.491 e. The fourth-order valence-corrected chi connectivity index (χ4v) is 3.69. The molecule has 126 valence electrons. The van der Waals surface area contributed by atoms with Gasteiger partial charge in [-0.25, -0.2) is 4.98 Å². The molecule has 0 atom stereocenters. The van der Waals surface area contributed by atoms with E-state index in [4.69, 9.17) is 15.5 Å². The lowest BCUT2D eigenvalue weighted by molar-refractivity contribution is 0.242. The van der Waals surface area contributed by atoms with Gasteiger partial charge in [0, 0.05) is 22.8 Å².